The minimum Gasteiger partial charge on any atom is -0.356 e. The average Bonchev–Trinajstić information content (AvgIpc) is 2.72. The molecule has 1 aromatic heterocycles. The Morgan fingerprint density at radius 1 is 1.11 bits per heavy atom. The minimum atomic E-state index is 0.0314. The number of hydrogen-bond acceptors (Lipinski definition) is 4. The van der Waals surface area contributed by atoms with Crippen LogP contribution in [-0.2, 0) is 9.59 Å². The van der Waals surface area contributed by atoms with E-state index in [1.165, 1.54) is 0 Å². The average molecular weight is 373 g/mol. The molecule has 148 valence electrons. The number of carbonyl (C=O) groups excluding carboxylic acids is 2. The molecule has 3 rings (SSSR count). The first-order valence-corrected chi connectivity index (χ1v) is 10.3. The third-order valence-electron chi connectivity index (χ3n) is 5.62. The van der Waals surface area contributed by atoms with Crippen LogP contribution in [0.2, 0.25) is 0 Å². The van der Waals surface area contributed by atoms with Crippen LogP contribution in [0.15, 0.2) is 24.4 Å². The molecule has 3 heterocycles. The molecule has 0 bridgehead atoms. The highest BCUT2D eigenvalue weighted by Gasteiger charge is 2.32. The molecule has 0 aromatic carbocycles. The maximum Gasteiger partial charge on any atom is 0.227 e. The summed E-state index contributed by atoms with van der Waals surface area (Å²) < 4.78 is 0. The molecule has 2 amide bonds. The molecule has 1 aromatic rings. The topological polar surface area (TPSA) is 56.8 Å². The lowest BCUT2D eigenvalue weighted by atomic mass is 9.96. The van der Waals surface area contributed by atoms with Crippen molar-refractivity contribution in [3.8, 4) is 0 Å². The van der Waals surface area contributed by atoms with E-state index in [1.807, 2.05) is 28.0 Å². The standard InChI is InChI=1S/C21H32N4O2/c1-17(2)8-9-20(26)23-12-14-24(15-13-23)21(27)18-6-5-11-25(16-18)19-7-3-4-10-22-19/h3-4,7,10,17-18H,5-6,8-9,11-16H2,1-2H3/t18-/m1/s1. The quantitative estimate of drug-likeness (QED) is 0.796. The number of piperazine rings is 1. The van der Waals surface area contributed by atoms with Gasteiger partial charge in [0.2, 0.25) is 11.8 Å². The number of aromatic nitrogens is 1. The van der Waals surface area contributed by atoms with Gasteiger partial charge in [-0.1, -0.05) is 19.9 Å². The lowest BCUT2D eigenvalue weighted by molar-refractivity contribution is -0.142. The van der Waals surface area contributed by atoms with Crippen LogP contribution in [0.5, 0.6) is 0 Å². The van der Waals surface area contributed by atoms with Crippen molar-refractivity contribution in [2.24, 2.45) is 11.8 Å². The van der Waals surface area contributed by atoms with E-state index in [9.17, 15) is 9.59 Å². The van der Waals surface area contributed by atoms with E-state index in [2.05, 4.69) is 23.7 Å². The van der Waals surface area contributed by atoms with Gasteiger partial charge in [0.1, 0.15) is 5.82 Å². The fourth-order valence-electron chi connectivity index (χ4n) is 3.93. The van der Waals surface area contributed by atoms with Crippen LogP contribution in [0.4, 0.5) is 5.82 Å². The molecule has 2 aliphatic heterocycles. The van der Waals surface area contributed by atoms with Crippen LogP contribution in [0.25, 0.3) is 0 Å². The Bertz CT molecular complexity index is 626. The lowest BCUT2D eigenvalue weighted by Gasteiger charge is -2.39. The lowest BCUT2D eigenvalue weighted by Crippen LogP contribution is -2.53. The van der Waals surface area contributed by atoms with Crippen molar-refractivity contribution in [1.29, 1.82) is 0 Å². The van der Waals surface area contributed by atoms with E-state index in [-0.39, 0.29) is 17.7 Å². The summed E-state index contributed by atoms with van der Waals surface area (Å²) in [4.78, 5) is 35.8. The fourth-order valence-corrected chi connectivity index (χ4v) is 3.93. The van der Waals surface area contributed by atoms with Gasteiger partial charge in [-0.05, 0) is 37.3 Å². The molecule has 2 saturated heterocycles. The number of amides is 2. The molecule has 6 heteroatoms. The van der Waals surface area contributed by atoms with Crippen molar-refractivity contribution in [3.63, 3.8) is 0 Å². The number of piperidine rings is 1. The summed E-state index contributed by atoms with van der Waals surface area (Å²) in [5.41, 5.74) is 0. The maximum atomic E-state index is 13.0. The predicted octanol–water partition coefficient (Wildman–Crippen LogP) is 2.41. The number of carbonyl (C=O) groups is 2. The number of rotatable bonds is 5. The second kappa shape index (κ2) is 9.20. The summed E-state index contributed by atoms with van der Waals surface area (Å²) in [5.74, 6) is 2.00. The predicted molar refractivity (Wildman–Crippen MR) is 106 cm³/mol. The van der Waals surface area contributed by atoms with Crippen LogP contribution >= 0.6 is 0 Å². The Labute approximate surface area is 162 Å². The van der Waals surface area contributed by atoms with Crippen LogP contribution in [0, 0.1) is 11.8 Å². The van der Waals surface area contributed by atoms with Crippen LogP contribution in [0.3, 0.4) is 0 Å². The molecular weight excluding hydrogens is 340 g/mol. The number of pyridine rings is 1. The van der Waals surface area contributed by atoms with E-state index in [1.54, 1.807) is 6.20 Å². The summed E-state index contributed by atoms with van der Waals surface area (Å²) >= 11 is 0. The Hall–Kier alpha value is -2.11. The molecule has 27 heavy (non-hydrogen) atoms. The molecule has 2 fully saturated rings. The molecule has 0 unspecified atom stereocenters. The highest BCUT2D eigenvalue weighted by Crippen LogP contribution is 2.23. The number of anilines is 1. The smallest absolute Gasteiger partial charge is 0.227 e. The van der Waals surface area contributed by atoms with Gasteiger partial charge in [0.15, 0.2) is 0 Å². The largest absolute Gasteiger partial charge is 0.356 e. The molecule has 6 nitrogen and oxygen atoms in total. The summed E-state index contributed by atoms with van der Waals surface area (Å²) in [6, 6.07) is 5.91. The molecule has 0 aliphatic carbocycles. The van der Waals surface area contributed by atoms with Gasteiger partial charge in [-0.3, -0.25) is 9.59 Å². The van der Waals surface area contributed by atoms with Gasteiger partial charge < -0.3 is 14.7 Å². The molecule has 1 atom stereocenters. The number of hydrogen-bond donors (Lipinski definition) is 0. The van der Waals surface area contributed by atoms with Crippen LogP contribution in [0.1, 0.15) is 39.5 Å². The Morgan fingerprint density at radius 2 is 1.85 bits per heavy atom. The zero-order valence-corrected chi connectivity index (χ0v) is 16.6. The summed E-state index contributed by atoms with van der Waals surface area (Å²) in [6.45, 7) is 8.63. The highest BCUT2D eigenvalue weighted by molar-refractivity contribution is 5.81. The van der Waals surface area contributed by atoms with Gasteiger partial charge in [0, 0.05) is 51.9 Å². The van der Waals surface area contributed by atoms with E-state index < -0.39 is 0 Å². The van der Waals surface area contributed by atoms with Crippen molar-refractivity contribution in [1.82, 2.24) is 14.8 Å². The van der Waals surface area contributed by atoms with Crippen molar-refractivity contribution in [2.45, 2.75) is 39.5 Å². The van der Waals surface area contributed by atoms with Gasteiger partial charge >= 0.3 is 0 Å². The Morgan fingerprint density at radius 3 is 2.52 bits per heavy atom. The van der Waals surface area contributed by atoms with E-state index in [0.717, 1.165) is 38.2 Å². The van der Waals surface area contributed by atoms with Crippen LogP contribution in [-0.4, -0.2) is 65.9 Å². The molecule has 0 saturated carbocycles. The normalized spacial score (nSPS) is 20.9. The molecule has 0 N–H and O–H groups in total. The summed E-state index contributed by atoms with van der Waals surface area (Å²) in [7, 11) is 0. The minimum absolute atomic E-state index is 0.0314. The Balaban J connectivity index is 1.49. The zero-order chi connectivity index (χ0) is 19.2. The van der Waals surface area contributed by atoms with Crippen molar-refractivity contribution in [2.75, 3.05) is 44.2 Å². The van der Waals surface area contributed by atoms with Crippen molar-refractivity contribution < 1.29 is 9.59 Å². The van der Waals surface area contributed by atoms with E-state index in [0.29, 0.717) is 38.5 Å². The molecule has 2 aliphatic rings. The van der Waals surface area contributed by atoms with Crippen LogP contribution < -0.4 is 4.90 Å². The first-order chi connectivity index (χ1) is 13.0. The highest BCUT2D eigenvalue weighted by atomic mass is 16.2. The zero-order valence-electron chi connectivity index (χ0n) is 16.6. The van der Waals surface area contributed by atoms with Gasteiger partial charge in [-0.15, -0.1) is 0 Å². The van der Waals surface area contributed by atoms with Crippen molar-refractivity contribution >= 4 is 17.6 Å². The van der Waals surface area contributed by atoms with E-state index >= 15 is 0 Å². The number of nitrogens with zero attached hydrogens (tertiary/aromatic N) is 4. The Kier molecular flexibility index (Phi) is 6.69. The van der Waals surface area contributed by atoms with Gasteiger partial charge in [-0.2, -0.15) is 0 Å². The first-order valence-electron chi connectivity index (χ1n) is 10.3. The summed E-state index contributed by atoms with van der Waals surface area (Å²) in [6.07, 6.45) is 5.31. The maximum absolute atomic E-state index is 13.0. The second-order valence-electron chi connectivity index (χ2n) is 8.11. The van der Waals surface area contributed by atoms with Gasteiger partial charge in [0.25, 0.3) is 0 Å². The second-order valence-corrected chi connectivity index (χ2v) is 8.11. The summed E-state index contributed by atoms with van der Waals surface area (Å²) in [5, 5.41) is 0. The van der Waals surface area contributed by atoms with Gasteiger partial charge in [-0.25, -0.2) is 4.98 Å². The molecule has 0 radical (unpaired) electrons. The monoisotopic (exact) mass is 372 g/mol. The SMILES string of the molecule is CC(C)CCC(=O)N1CCN(C(=O)[C@@H]2CCCN(c3ccccn3)C2)CC1. The van der Waals surface area contributed by atoms with Gasteiger partial charge in [0.05, 0.1) is 5.92 Å². The molecular formula is C21H32N4O2. The van der Waals surface area contributed by atoms with E-state index in [4.69, 9.17) is 0 Å². The first kappa shape index (κ1) is 19.6. The fraction of sp³-hybridized carbons (Fsp3) is 0.667. The van der Waals surface area contributed by atoms with Crippen molar-refractivity contribution in [3.05, 3.63) is 24.4 Å². The molecule has 0 spiro atoms. The third kappa shape index (κ3) is 5.21. The third-order valence-corrected chi connectivity index (χ3v) is 5.62.